The number of ether oxygens (including phenoxy) is 1. The molecule has 1 unspecified atom stereocenters. The molecule has 0 aliphatic heterocycles. The van der Waals surface area contributed by atoms with Crippen molar-refractivity contribution in [3.63, 3.8) is 0 Å². The Morgan fingerprint density at radius 3 is 2.89 bits per heavy atom. The number of aliphatic hydroxyl groups is 1. The van der Waals surface area contributed by atoms with Crippen LogP contribution in [0.2, 0.25) is 5.02 Å². The molecule has 0 saturated carbocycles. The van der Waals surface area contributed by atoms with Gasteiger partial charge in [-0.1, -0.05) is 17.7 Å². The summed E-state index contributed by atoms with van der Waals surface area (Å²) in [5, 5.41) is 14.6. The summed E-state index contributed by atoms with van der Waals surface area (Å²) in [6.45, 7) is 0. The third-order valence-corrected chi connectivity index (χ3v) is 3.27. The molecule has 4 nitrogen and oxygen atoms in total. The molecular weight excluding hydrogens is 271 g/mol. The van der Waals surface area contributed by atoms with E-state index in [-0.39, 0.29) is 6.42 Å². The average molecular weight is 285 g/mol. The molecule has 0 aliphatic rings. The Bertz CT molecular complexity index is 586. The highest BCUT2D eigenvalue weighted by molar-refractivity contribution is 6.31. The van der Waals surface area contributed by atoms with E-state index < -0.39 is 11.9 Å². The van der Waals surface area contributed by atoms with Crippen molar-refractivity contribution in [3.05, 3.63) is 46.5 Å². The van der Waals surface area contributed by atoms with Gasteiger partial charge < -0.3 is 9.84 Å². The van der Waals surface area contributed by atoms with Gasteiger partial charge >= 0.3 is 0 Å². The van der Waals surface area contributed by atoms with E-state index >= 15 is 0 Å². The fourth-order valence-corrected chi connectivity index (χ4v) is 2.20. The second-order valence-electron chi connectivity index (χ2n) is 4.18. The van der Waals surface area contributed by atoms with Gasteiger partial charge in [-0.05, 0) is 17.7 Å². The SMILES string of the molecule is COc1cnn(C)c1C(O)Cc1ccc(F)cc1Cl. The predicted octanol–water partition coefficient (Wildman–Crippen LogP) is 2.50. The largest absolute Gasteiger partial charge is 0.493 e. The quantitative estimate of drug-likeness (QED) is 0.938. The Kier molecular flexibility index (Phi) is 4.07. The highest BCUT2D eigenvalue weighted by Crippen LogP contribution is 2.29. The standard InChI is InChI=1S/C13H14ClFN2O2/c1-17-13(12(19-2)7-16-17)11(18)5-8-3-4-9(15)6-10(8)14/h3-4,6-7,11,18H,5H2,1-2H3. The number of aliphatic hydroxyl groups excluding tert-OH is 1. The van der Waals surface area contributed by atoms with Crippen molar-refractivity contribution in [2.75, 3.05) is 7.11 Å². The monoisotopic (exact) mass is 284 g/mol. The Balaban J connectivity index is 2.25. The minimum absolute atomic E-state index is 0.259. The number of methoxy groups -OCH3 is 1. The van der Waals surface area contributed by atoms with E-state index in [1.807, 2.05) is 0 Å². The first-order valence-corrected chi connectivity index (χ1v) is 6.08. The molecule has 0 bridgehead atoms. The zero-order chi connectivity index (χ0) is 14.0. The van der Waals surface area contributed by atoms with Crippen molar-refractivity contribution in [3.8, 4) is 5.75 Å². The lowest BCUT2D eigenvalue weighted by molar-refractivity contribution is 0.164. The molecular formula is C13H14ClFN2O2. The molecule has 2 aromatic rings. The molecule has 1 atom stereocenters. The van der Waals surface area contributed by atoms with Crippen molar-refractivity contribution < 1.29 is 14.2 Å². The third kappa shape index (κ3) is 2.88. The lowest BCUT2D eigenvalue weighted by atomic mass is 10.1. The molecule has 0 aliphatic carbocycles. The Labute approximate surface area is 115 Å². The van der Waals surface area contributed by atoms with Gasteiger partial charge in [0.25, 0.3) is 0 Å². The number of aryl methyl sites for hydroxylation is 1. The number of hydrogen-bond donors (Lipinski definition) is 1. The van der Waals surface area contributed by atoms with Crippen LogP contribution in [0.15, 0.2) is 24.4 Å². The first-order valence-electron chi connectivity index (χ1n) is 5.70. The molecule has 1 heterocycles. The number of benzene rings is 1. The molecule has 1 N–H and O–H groups in total. The average Bonchev–Trinajstić information content (AvgIpc) is 2.74. The molecule has 102 valence electrons. The van der Waals surface area contributed by atoms with Crippen LogP contribution >= 0.6 is 11.6 Å². The number of nitrogens with zero attached hydrogens (tertiary/aromatic N) is 2. The minimum Gasteiger partial charge on any atom is -0.493 e. The van der Waals surface area contributed by atoms with Gasteiger partial charge in [-0.3, -0.25) is 4.68 Å². The van der Waals surface area contributed by atoms with Crippen LogP contribution in [0.1, 0.15) is 17.4 Å². The maximum absolute atomic E-state index is 13.0. The van der Waals surface area contributed by atoms with Gasteiger partial charge in [-0.25, -0.2) is 4.39 Å². The first kappa shape index (κ1) is 13.8. The van der Waals surface area contributed by atoms with Gasteiger partial charge in [0.1, 0.15) is 17.6 Å². The minimum atomic E-state index is -0.828. The second kappa shape index (κ2) is 5.59. The lowest BCUT2D eigenvalue weighted by Crippen LogP contribution is -2.09. The molecule has 0 amide bonds. The zero-order valence-electron chi connectivity index (χ0n) is 10.6. The summed E-state index contributed by atoms with van der Waals surface area (Å²) < 4.78 is 19.6. The van der Waals surface area contributed by atoms with E-state index in [4.69, 9.17) is 16.3 Å². The molecule has 0 radical (unpaired) electrons. The van der Waals surface area contributed by atoms with E-state index in [1.54, 1.807) is 17.8 Å². The van der Waals surface area contributed by atoms with Gasteiger partial charge in [0.05, 0.1) is 13.3 Å². The van der Waals surface area contributed by atoms with Crippen LogP contribution in [-0.2, 0) is 13.5 Å². The molecule has 0 fully saturated rings. The summed E-state index contributed by atoms with van der Waals surface area (Å²) in [4.78, 5) is 0. The van der Waals surface area contributed by atoms with Gasteiger partial charge in [0.15, 0.2) is 5.75 Å². The molecule has 1 aromatic carbocycles. The summed E-state index contributed by atoms with van der Waals surface area (Å²) in [5.74, 6) is 0.106. The highest BCUT2D eigenvalue weighted by atomic mass is 35.5. The smallest absolute Gasteiger partial charge is 0.162 e. The van der Waals surface area contributed by atoms with Gasteiger partial charge in [-0.2, -0.15) is 5.10 Å². The topological polar surface area (TPSA) is 47.3 Å². The highest BCUT2D eigenvalue weighted by Gasteiger charge is 2.19. The first-order chi connectivity index (χ1) is 9.02. The molecule has 0 spiro atoms. The van der Waals surface area contributed by atoms with Crippen LogP contribution in [0.25, 0.3) is 0 Å². The van der Waals surface area contributed by atoms with Crippen molar-refractivity contribution in [1.82, 2.24) is 9.78 Å². The predicted molar refractivity (Wildman–Crippen MR) is 69.8 cm³/mol. The summed E-state index contributed by atoms with van der Waals surface area (Å²) in [6.07, 6.45) is 0.963. The van der Waals surface area contributed by atoms with Crippen molar-refractivity contribution >= 4 is 11.6 Å². The van der Waals surface area contributed by atoms with E-state index in [2.05, 4.69) is 5.10 Å². The Morgan fingerprint density at radius 2 is 2.26 bits per heavy atom. The van der Waals surface area contributed by atoms with Gasteiger partial charge in [-0.15, -0.1) is 0 Å². The van der Waals surface area contributed by atoms with E-state index in [0.717, 1.165) is 0 Å². The Morgan fingerprint density at radius 1 is 1.53 bits per heavy atom. The zero-order valence-corrected chi connectivity index (χ0v) is 11.4. The number of hydrogen-bond acceptors (Lipinski definition) is 3. The van der Waals surface area contributed by atoms with Crippen LogP contribution in [-0.4, -0.2) is 22.0 Å². The van der Waals surface area contributed by atoms with Crippen LogP contribution < -0.4 is 4.74 Å². The summed E-state index contributed by atoms with van der Waals surface area (Å²) in [6, 6.07) is 4.10. The van der Waals surface area contributed by atoms with Crippen molar-refractivity contribution in [2.24, 2.45) is 7.05 Å². The number of halogens is 2. The summed E-state index contributed by atoms with van der Waals surface area (Å²) >= 11 is 5.94. The lowest BCUT2D eigenvalue weighted by Gasteiger charge is -2.14. The third-order valence-electron chi connectivity index (χ3n) is 2.91. The number of aromatic nitrogens is 2. The number of rotatable bonds is 4. The molecule has 19 heavy (non-hydrogen) atoms. The second-order valence-corrected chi connectivity index (χ2v) is 4.58. The molecule has 2 rings (SSSR count). The van der Waals surface area contributed by atoms with Crippen LogP contribution in [0, 0.1) is 5.82 Å². The summed E-state index contributed by atoms with van der Waals surface area (Å²) in [5.41, 5.74) is 1.22. The van der Waals surface area contributed by atoms with Gasteiger partial charge in [0.2, 0.25) is 0 Å². The molecule has 1 aromatic heterocycles. The van der Waals surface area contributed by atoms with Crippen molar-refractivity contribution in [1.29, 1.82) is 0 Å². The maximum atomic E-state index is 13.0. The van der Waals surface area contributed by atoms with Crippen molar-refractivity contribution in [2.45, 2.75) is 12.5 Å². The van der Waals surface area contributed by atoms with Crippen LogP contribution in [0.4, 0.5) is 4.39 Å². The molecule has 6 heteroatoms. The van der Waals surface area contributed by atoms with Gasteiger partial charge in [0, 0.05) is 18.5 Å². The van der Waals surface area contributed by atoms with E-state index in [9.17, 15) is 9.50 Å². The Hall–Kier alpha value is -1.59. The maximum Gasteiger partial charge on any atom is 0.162 e. The van der Waals surface area contributed by atoms with Crippen LogP contribution in [0.3, 0.4) is 0 Å². The van der Waals surface area contributed by atoms with E-state index in [0.29, 0.717) is 22.0 Å². The fourth-order valence-electron chi connectivity index (χ4n) is 1.96. The molecule has 0 saturated heterocycles. The summed E-state index contributed by atoms with van der Waals surface area (Å²) in [7, 11) is 3.23. The van der Waals surface area contributed by atoms with E-state index in [1.165, 1.54) is 25.4 Å². The van der Waals surface area contributed by atoms with Crippen LogP contribution in [0.5, 0.6) is 5.75 Å². The normalized spacial score (nSPS) is 12.5. The fraction of sp³-hybridized carbons (Fsp3) is 0.308.